The Labute approximate surface area is 137 Å². The Morgan fingerprint density at radius 3 is 2.62 bits per heavy atom. The number of para-hydroxylation sites is 2. The molecule has 0 bridgehead atoms. The summed E-state index contributed by atoms with van der Waals surface area (Å²) in [5, 5.41) is 0. The van der Waals surface area contributed by atoms with Crippen LogP contribution in [0.25, 0.3) is 11.1 Å². The maximum Gasteiger partial charge on any atom is 0.420 e. The molecule has 1 amide bonds. The van der Waals surface area contributed by atoms with E-state index in [1.165, 1.54) is 15.5 Å². The Hall–Kier alpha value is -2.89. The van der Waals surface area contributed by atoms with E-state index >= 15 is 0 Å². The van der Waals surface area contributed by atoms with Gasteiger partial charge < -0.3 is 9.32 Å². The quantitative estimate of drug-likeness (QED) is 0.740. The van der Waals surface area contributed by atoms with E-state index in [1.807, 2.05) is 0 Å². The number of amides is 1. The summed E-state index contributed by atoms with van der Waals surface area (Å²) in [6.45, 7) is 1.75. The van der Waals surface area contributed by atoms with Gasteiger partial charge in [0.25, 0.3) is 0 Å². The largest absolute Gasteiger partial charge is 0.420 e. The number of fused-ring (bicyclic) bond motifs is 1. The third kappa shape index (κ3) is 2.82. The van der Waals surface area contributed by atoms with Crippen molar-refractivity contribution in [3.8, 4) is 0 Å². The molecule has 0 aliphatic carbocycles. The van der Waals surface area contributed by atoms with Gasteiger partial charge in [-0.2, -0.15) is 0 Å². The van der Waals surface area contributed by atoms with Crippen molar-refractivity contribution in [2.24, 2.45) is 0 Å². The molecule has 0 fully saturated rings. The van der Waals surface area contributed by atoms with E-state index < -0.39 is 11.8 Å². The Balaban J connectivity index is 1.87. The SMILES string of the molecule is CC(C(=O)N(C)Cc1ccccc1F)n1c(=O)oc2ccccc21. The lowest BCUT2D eigenvalue weighted by molar-refractivity contribution is -0.133. The Kier molecular flexibility index (Phi) is 4.20. The van der Waals surface area contributed by atoms with Crippen LogP contribution in [0.3, 0.4) is 0 Å². The second-order valence-corrected chi connectivity index (χ2v) is 5.67. The summed E-state index contributed by atoms with van der Waals surface area (Å²) < 4.78 is 20.2. The molecule has 5 nitrogen and oxygen atoms in total. The van der Waals surface area contributed by atoms with Crippen molar-refractivity contribution in [3.63, 3.8) is 0 Å². The molecular formula is C18H17FN2O3. The fourth-order valence-corrected chi connectivity index (χ4v) is 2.74. The zero-order valence-corrected chi connectivity index (χ0v) is 13.4. The minimum atomic E-state index is -0.752. The third-order valence-corrected chi connectivity index (χ3v) is 4.01. The fraction of sp³-hybridized carbons (Fsp3) is 0.222. The first-order valence-electron chi connectivity index (χ1n) is 7.57. The standard InChI is InChI=1S/C18H17FN2O3/c1-12(21-15-9-5-6-10-16(15)24-18(21)23)17(22)20(2)11-13-7-3-4-8-14(13)19/h3-10,12H,11H2,1-2H3. The summed E-state index contributed by atoms with van der Waals surface area (Å²) in [4.78, 5) is 26.1. The predicted octanol–water partition coefficient (Wildman–Crippen LogP) is 2.95. The van der Waals surface area contributed by atoms with Crippen molar-refractivity contribution < 1.29 is 13.6 Å². The fourth-order valence-electron chi connectivity index (χ4n) is 2.74. The average Bonchev–Trinajstić information content (AvgIpc) is 2.91. The van der Waals surface area contributed by atoms with Gasteiger partial charge in [-0.3, -0.25) is 9.36 Å². The molecule has 124 valence electrons. The number of likely N-dealkylation sites (N-methyl/N-ethyl adjacent to an activating group) is 1. The zero-order chi connectivity index (χ0) is 17.3. The number of benzene rings is 2. The molecule has 0 aliphatic heterocycles. The molecule has 3 rings (SSSR count). The van der Waals surface area contributed by atoms with Crippen LogP contribution in [0.1, 0.15) is 18.5 Å². The van der Waals surface area contributed by atoms with Gasteiger partial charge in [-0.05, 0) is 25.1 Å². The second kappa shape index (κ2) is 6.31. The van der Waals surface area contributed by atoms with Crippen LogP contribution in [-0.4, -0.2) is 22.4 Å². The summed E-state index contributed by atoms with van der Waals surface area (Å²) in [6.07, 6.45) is 0. The summed E-state index contributed by atoms with van der Waals surface area (Å²) in [5.41, 5.74) is 1.41. The van der Waals surface area contributed by atoms with Crippen LogP contribution in [0, 0.1) is 5.82 Å². The molecular weight excluding hydrogens is 311 g/mol. The summed E-state index contributed by atoms with van der Waals surface area (Å²) in [6, 6.07) is 12.5. The van der Waals surface area contributed by atoms with Crippen molar-refractivity contribution in [2.75, 3.05) is 7.05 Å². The molecule has 1 atom stereocenters. The number of rotatable bonds is 4. The molecule has 1 heterocycles. The van der Waals surface area contributed by atoms with Crippen LogP contribution in [0.5, 0.6) is 0 Å². The highest BCUT2D eigenvalue weighted by molar-refractivity contribution is 5.82. The number of oxazole rings is 1. The predicted molar refractivity (Wildman–Crippen MR) is 88.1 cm³/mol. The van der Waals surface area contributed by atoms with Gasteiger partial charge in [0.15, 0.2) is 5.58 Å². The molecule has 0 N–H and O–H groups in total. The number of aromatic nitrogens is 1. The lowest BCUT2D eigenvalue weighted by Crippen LogP contribution is -2.35. The van der Waals surface area contributed by atoms with Crippen LogP contribution in [0.4, 0.5) is 4.39 Å². The first-order chi connectivity index (χ1) is 11.5. The zero-order valence-electron chi connectivity index (χ0n) is 13.4. The highest BCUT2D eigenvalue weighted by Crippen LogP contribution is 2.19. The molecule has 3 aromatic rings. The Morgan fingerprint density at radius 2 is 1.88 bits per heavy atom. The van der Waals surface area contributed by atoms with E-state index in [2.05, 4.69) is 0 Å². The van der Waals surface area contributed by atoms with Crippen LogP contribution >= 0.6 is 0 Å². The van der Waals surface area contributed by atoms with Gasteiger partial charge in [0.1, 0.15) is 11.9 Å². The van der Waals surface area contributed by atoms with Crippen LogP contribution in [-0.2, 0) is 11.3 Å². The van der Waals surface area contributed by atoms with Gasteiger partial charge in [-0.25, -0.2) is 9.18 Å². The van der Waals surface area contributed by atoms with Gasteiger partial charge in [0.05, 0.1) is 5.52 Å². The minimum absolute atomic E-state index is 0.125. The normalized spacial score (nSPS) is 12.3. The van der Waals surface area contributed by atoms with Gasteiger partial charge in [0.2, 0.25) is 5.91 Å². The number of carbonyl (C=O) groups is 1. The number of hydrogen-bond donors (Lipinski definition) is 0. The van der Waals surface area contributed by atoms with Gasteiger partial charge in [-0.15, -0.1) is 0 Å². The maximum atomic E-state index is 13.8. The molecule has 2 aromatic carbocycles. The molecule has 1 unspecified atom stereocenters. The van der Waals surface area contributed by atoms with Crippen molar-refractivity contribution in [1.82, 2.24) is 9.47 Å². The molecule has 0 radical (unpaired) electrons. The molecule has 6 heteroatoms. The number of carbonyl (C=O) groups excluding carboxylic acids is 1. The molecule has 0 saturated carbocycles. The molecule has 0 spiro atoms. The second-order valence-electron chi connectivity index (χ2n) is 5.67. The van der Waals surface area contributed by atoms with Gasteiger partial charge >= 0.3 is 5.76 Å². The maximum absolute atomic E-state index is 13.8. The van der Waals surface area contributed by atoms with E-state index in [0.717, 1.165) is 0 Å². The minimum Gasteiger partial charge on any atom is -0.408 e. The number of halogens is 1. The van der Waals surface area contributed by atoms with Crippen molar-refractivity contribution in [3.05, 3.63) is 70.5 Å². The average molecular weight is 328 g/mol. The lowest BCUT2D eigenvalue weighted by atomic mass is 10.2. The van der Waals surface area contributed by atoms with Crippen molar-refractivity contribution in [1.29, 1.82) is 0 Å². The van der Waals surface area contributed by atoms with E-state index in [9.17, 15) is 14.0 Å². The third-order valence-electron chi connectivity index (χ3n) is 4.01. The highest BCUT2D eigenvalue weighted by atomic mass is 19.1. The summed E-state index contributed by atoms with van der Waals surface area (Å²) >= 11 is 0. The van der Waals surface area contributed by atoms with Crippen molar-refractivity contribution >= 4 is 17.0 Å². The molecule has 0 aliphatic rings. The van der Waals surface area contributed by atoms with Gasteiger partial charge in [-0.1, -0.05) is 30.3 Å². The topological polar surface area (TPSA) is 55.5 Å². The van der Waals surface area contributed by atoms with Crippen molar-refractivity contribution in [2.45, 2.75) is 19.5 Å². The monoisotopic (exact) mass is 328 g/mol. The molecule has 1 aromatic heterocycles. The highest BCUT2D eigenvalue weighted by Gasteiger charge is 2.24. The Morgan fingerprint density at radius 1 is 1.21 bits per heavy atom. The lowest BCUT2D eigenvalue weighted by Gasteiger charge is -2.22. The summed E-state index contributed by atoms with van der Waals surface area (Å²) in [5.74, 6) is -1.25. The summed E-state index contributed by atoms with van der Waals surface area (Å²) in [7, 11) is 1.58. The van der Waals surface area contributed by atoms with E-state index in [0.29, 0.717) is 16.7 Å². The van der Waals surface area contributed by atoms with Crippen LogP contribution < -0.4 is 5.76 Å². The Bertz CT molecular complexity index is 945. The van der Waals surface area contributed by atoms with Gasteiger partial charge in [0, 0.05) is 19.2 Å². The van der Waals surface area contributed by atoms with E-state index in [4.69, 9.17) is 4.42 Å². The van der Waals surface area contributed by atoms with E-state index in [1.54, 1.807) is 56.4 Å². The van der Waals surface area contributed by atoms with Crippen LogP contribution in [0.15, 0.2) is 57.7 Å². The first-order valence-corrected chi connectivity index (χ1v) is 7.57. The molecule has 24 heavy (non-hydrogen) atoms. The van der Waals surface area contributed by atoms with E-state index in [-0.39, 0.29) is 18.3 Å². The smallest absolute Gasteiger partial charge is 0.408 e. The first kappa shape index (κ1) is 16.0. The number of nitrogens with zero attached hydrogens (tertiary/aromatic N) is 2. The van der Waals surface area contributed by atoms with Crippen LogP contribution in [0.2, 0.25) is 0 Å². The molecule has 0 saturated heterocycles. The number of hydrogen-bond acceptors (Lipinski definition) is 3.